The average molecular weight is 448 g/mol. The van der Waals surface area contributed by atoms with Crippen LogP contribution in [0.25, 0.3) is 0 Å². The van der Waals surface area contributed by atoms with Crippen LogP contribution < -0.4 is 5.32 Å². The molecule has 1 N–H and O–H groups in total. The van der Waals surface area contributed by atoms with E-state index in [1.807, 2.05) is 0 Å². The van der Waals surface area contributed by atoms with Gasteiger partial charge < -0.3 is 9.73 Å². The molecule has 2 aliphatic heterocycles. The van der Waals surface area contributed by atoms with Gasteiger partial charge in [-0.2, -0.15) is 5.26 Å². The summed E-state index contributed by atoms with van der Waals surface area (Å²) in [7, 11) is 0. The van der Waals surface area contributed by atoms with Crippen LogP contribution in [0, 0.1) is 11.3 Å². The number of allylic oxidation sites excluding steroid dienone is 3. The van der Waals surface area contributed by atoms with Gasteiger partial charge in [-0.25, -0.2) is 0 Å². The number of ketones is 1. The van der Waals surface area contributed by atoms with Crippen LogP contribution in [0.1, 0.15) is 52.7 Å². The number of amides is 2. The fraction of sp³-hybridized carbons (Fsp3) is 0.250. The number of thioether (sulfide) groups is 1. The molecule has 7 nitrogen and oxygen atoms in total. The number of benzene rings is 1. The molecule has 0 spiro atoms. The van der Waals surface area contributed by atoms with Crippen molar-refractivity contribution in [2.24, 2.45) is 0 Å². The van der Waals surface area contributed by atoms with Crippen LogP contribution in [0.3, 0.4) is 0 Å². The molecule has 0 saturated carbocycles. The van der Waals surface area contributed by atoms with E-state index in [-0.39, 0.29) is 17.6 Å². The van der Waals surface area contributed by atoms with Crippen molar-refractivity contribution in [3.63, 3.8) is 0 Å². The number of hydrogen-bond acceptors (Lipinski definition) is 7. The fourth-order valence-corrected chi connectivity index (χ4v) is 5.09. The molecule has 0 unspecified atom stereocenters. The van der Waals surface area contributed by atoms with E-state index in [1.54, 1.807) is 43.3 Å². The number of carbonyl (C=O) groups is 3. The third-order valence-corrected chi connectivity index (χ3v) is 6.61. The van der Waals surface area contributed by atoms with E-state index in [2.05, 4.69) is 11.4 Å². The molecule has 2 aromatic rings. The number of Topliss-reactive ketones (excluding diaryl/α,β-unsaturated/α-hetero) is 1. The highest BCUT2D eigenvalue weighted by Crippen LogP contribution is 2.41. The van der Waals surface area contributed by atoms with Crippen LogP contribution in [0.4, 0.5) is 0 Å². The Hall–Kier alpha value is -3.57. The highest BCUT2D eigenvalue weighted by Gasteiger charge is 2.36. The Bertz CT molecular complexity index is 1170. The van der Waals surface area contributed by atoms with Crippen LogP contribution in [-0.2, 0) is 4.79 Å². The zero-order valence-electron chi connectivity index (χ0n) is 17.7. The first-order valence-electron chi connectivity index (χ1n) is 10.2. The van der Waals surface area contributed by atoms with Crippen molar-refractivity contribution in [1.29, 1.82) is 5.26 Å². The normalized spacial score (nSPS) is 18.0. The van der Waals surface area contributed by atoms with Gasteiger partial charge in [-0.1, -0.05) is 12.1 Å². The second-order valence-corrected chi connectivity index (χ2v) is 8.64. The molecule has 1 aromatic carbocycles. The number of dihydropyridines is 1. The Balaban J connectivity index is 1.47. The second-order valence-electron chi connectivity index (χ2n) is 7.53. The molecule has 3 heterocycles. The summed E-state index contributed by atoms with van der Waals surface area (Å²) in [4.78, 5) is 38.6. The van der Waals surface area contributed by atoms with Crippen LogP contribution in [0.15, 0.2) is 69.0 Å². The van der Waals surface area contributed by atoms with Gasteiger partial charge in [0.05, 0.1) is 40.0 Å². The van der Waals surface area contributed by atoms with Crippen molar-refractivity contribution in [2.75, 3.05) is 12.3 Å². The summed E-state index contributed by atoms with van der Waals surface area (Å²) in [6, 6.07) is 12.5. The number of nitrogens with zero attached hydrogens (tertiary/aromatic N) is 2. The third kappa shape index (κ3) is 3.76. The molecular weight excluding hydrogens is 426 g/mol. The van der Waals surface area contributed by atoms with Crippen LogP contribution in [-0.4, -0.2) is 34.8 Å². The quantitative estimate of drug-likeness (QED) is 0.506. The topological polar surface area (TPSA) is 103 Å². The molecule has 0 aliphatic carbocycles. The summed E-state index contributed by atoms with van der Waals surface area (Å²) in [5.41, 5.74) is 2.48. The number of rotatable bonds is 7. The zero-order chi connectivity index (χ0) is 22.8. The summed E-state index contributed by atoms with van der Waals surface area (Å²) in [5, 5.41) is 13.7. The number of fused-ring (bicyclic) bond motifs is 1. The lowest BCUT2D eigenvalue weighted by Gasteiger charge is -2.27. The SMILES string of the molecule is CC(=O)C1=C(C)NC(SCCCN2C(=O)c3ccccc3C2=O)=C(C#N)[C@H]1c1ccco1. The van der Waals surface area contributed by atoms with Crippen LogP contribution >= 0.6 is 11.8 Å². The Morgan fingerprint density at radius 1 is 1.19 bits per heavy atom. The van der Waals surface area contributed by atoms with Crippen molar-refractivity contribution >= 4 is 29.4 Å². The molecule has 2 aliphatic rings. The third-order valence-electron chi connectivity index (χ3n) is 5.51. The number of imide groups is 1. The summed E-state index contributed by atoms with van der Waals surface area (Å²) in [5.74, 6) is -0.116. The lowest BCUT2D eigenvalue weighted by atomic mass is 9.84. The van der Waals surface area contributed by atoms with Gasteiger partial charge in [0.15, 0.2) is 5.78 Å². The lowest BCUT2D eigenvalue weighted by molar-refractivity contribution is -0.113. The zero-order valence-corrected chi connectivity index (χ0v) is 18.5. The molecule has 0 radical (unpaired) electrons. The number of carbonyl (C=O) groups excluding carboxylic acids is 3. The molecular formula is C24H21N3O4S. The molecule has 8 heteroatoms. The molecule has 0 bridgehead atoms. The minimum absolute atomic E-state index is 0.126. The summed E-state index contributed by atoms with van der Waals surface area (Å²) < 4.78 is 5.54. The molecule has 1 aromatic heterocycles. The minimum atomic E-state index is -0.563. The van der Waals surface area contributed by atoms with Crippen molar-refractivity contribution in [3.8, 4) is 6.07 Å². The Kier molecular flexibility index (Phi) is 6.01. The van der Waals surface area contributed by atoms with Gasteiger partial charge >= 0.3 is 0 Å². The van der Waals surface area contributed by atoms with Gasteiger partial charge in [0, 0.05) is 23.6 Å². The Morgan fingerprint density at radius 3 is 2.44 bits per heavy atom. The van der Waals surface area contributed by atoms with Crippen molar-refractivity contribution in [1.82, 2.24) is 10.2 Å². The smallest absolute Gasteiger partial charge is 0.261 e. The fourth-order valence-electron chi connectivity index (χ4n) is 4.07. The molecule has 0 saturated heterocycles. The van der Waals surface area contributed by atoms with E-state index in [0.717, 1.165) is 0 Å². The highest BCUT2D eigenvalue weighted by atomic mass is 32.2. The maximum Gasteiger partial charge on any atom is 0.261 e. The number of nitrogens with one attached hydrogen (secondary N) is 1. The Morgan fingerprint density at radius 2 is 1.88 bits per heavy atom. The first-order valence-corrected chi connectivity index (χ1v) is 11.2. The number of hydrogen-bond donors (Lipinski definition) is 1. The molecule has 32 heavy (non-hydrogen) atoms. The molecule has 0 fully saturated rings. The largest absolute Gasteiger partial charge is 0.468 e. The van der Waals surface area contributed by atoms with Crippen LogP contribution in [0.5, 0.6) is 0 Å². The predicted octanol–water partition coefficient (Wildman–Crippen LogP) is 3.98. The minimum Gasteiger partial charge on any atom is -0.468 e. The van der Waals surface area contributed by atoms with E-state index >= 15 is 0 Å². The summed E-state index contributed by atoms with van der Waals surface area (Å²) in [6.45, 7) is 3.58. The van der Waals surface area contributed by atoms with E-state index in [0.29, 0.717) is 57.5 Å². The van der Waals surface area contributed by atoms with Gasteiger partial charge in [0.2, 0.25) is 0 Å². The van der Waals surface area contributed by atoms with E-state index in [9.17, 15) is 19.6 Å². The number of furan rings is 1. The van der Waals surface area contributed by atoms with Gasteiger partial charge in [0.1, 0.15) is 5.76 Å². The van der Waals surface area contributed by atoms with E-state index in [1.165, 1.54) is 29.8 Å². The second kappa shape index (κ2) is 8.89. The molecule has 162 valence electrons. The van der Waals surface area contributed by atoms with Crippen molar-refractivity contribution in [3.05, 3.63) is 81.4 Å². The van der Waals surface area contributed by atoms with Crippen LogP contribution in [0.2, 0.25) is 0 Å². The van der Waals surface area contributed by atoms with Gasteiger partial charge in [-0.05, 0) is 44.5 Å². The van der Waals surface area contributed by atoms with Gasteiger partial charge in [-0.3, -0.25) is 19.3 Å². The first kappa shape index (κ1) is 21.7. The van der Waals surface area contributed by atoms with E-state index in [4.69, 9.17) is 4.42 Å². The maximum atomic E-state index is 12.5. The highest BCUT2D eigenvalue weighted by molar-refractivity contribution is 8.03. The van der Waals surface area contributed by atoms with Crippen molar-refractivity contribution < 1.29 is 18.8 Å². The Labute approximate surface area is 189 Å². The van der Waals surface area contributed by atoms with Gasteiger partial charge in [0.25, 0.3) is 11.8 Å². The summed E-state index contributed by atoms with van der Waals surface area (Å²) in [6.07, 6.45) is 2.09. The molecule has 1 atom stereocenters. The summed E-state index contributed by atoms with van der Waals surface area (Å²) >= 11 is 1.43. The lowest BCUT2D eigenvalue weighted by Crippen LogP contribution is -2.31. The number of nitriles is 1. The predicted molar refractivity (Wildman–Crippen MR) is 119 cm³/mol. The first-order chi connectivity index (χ1) is 15.4. The standard InChI is InChI=1S/C24H21N3O4S/c1-14-20(15(2)28)21(19-9-5-11-31-19)18(13-25)22(26-14)32-12-6-10-27-23(29)16-7-3-4-8-17(16)24(27)30/h3-5,7-9,11,21,26H,6,10,12H2,1-2H3/t21-/m0/s1. The molecule has 4 rings (SSSR count). The van der Waals surface area contributed by atoms with Crippen molar-refractivity contribution in [2.45, 2.75) is 26.2 Å². The molecule has 2 amide bonds. The maximum absolute atomic E-state index is 12.5. The average Bonchev–Trinajstić information content (AvgIpc) is 3.39. The van der Waals surface area contributed by atoms with Gasteiger partial charge in [-0.15, -0.1) is 11.8 Å². The van der Waals surface area contributed by atoms with E-state index < -0.39 is 5.92 Å². The monoisotopic (exact) mass is 447 g/mol.